The fourth-order valence-corrected chi connectivity index (χ4v) is 3.01. The van der Waals surface area contributed by atoms with Gasteiger partial charge in [0.05, 0.1) is 5.52 Å². The molecule has 2 heterocycles. The Morgan fingerprint density at radius 2 is 2.15 bits per heavy atom. The first kappa shape index (κ1) is 13.3. The number of nitrogens with one attached hydrogen (secondary N) is 1. The van der Waals surface area contributed by atoms with Gasteiger partial charge in [-0.2, -0.15) is 0 Å². The number of hydrazine groups is 1. The molecule has 0 aliphatic carbocycles. The maximum absolute atomic E-state index is 5.64. The van der Waals surface area contributed by atoms with E-state index in [0.29, 0.717) is 5.41 Å². The maximum Gasteiger partial charge on any atom is 0.145 e. The van der Waals surface area contributed by atoms with Crippen LogP contribution in [0.2, 0.25) is 0 Å². The minimum Gasteiger partial charge on any atom is -0.308 e. The molecular weight excluding hydrogens is 248 g/mol. The lowest BCUT2D eigenvalue weighted by Gasteiger charge is -2.20. The van der Waals surface area contributed by atoms with Gasteiger partial charge in [-0.05, 0) is 30.5 Å². The zero-order valence-electron chi connectivity index (χ0n) is 12.2. The van der Waals surface area contributed by atoms with Crippen LogP contribution >= 0.6 is 0 Å². The highest BCUT2D eigenvalue weighted by Gasteiger charge is 2.29. The highest BCUT2D eigenvalue weighted by atomic mass is 15.3. The summed E-state index contributed by atoms with van der Waals surface area (Å²) in [5, 5.41) is 1.17. The monoisotopic (exact) mass is 270 g/mol. The summed E-state index contributed by atoms with van der Waals surface area (Å²) in [6.07, 6.45) is 1.25. The number of nitrogens with zero attached hydrogens (tertiary/aromatic N) is 2. The lowest BCUT2D eigenvalue weighted by molar-refractivity contribution is 0.284. The van der Waals surface area contributed by atoms with Crippen LogP contribution in [0.5, 0.6) is 0 Å². The number of fused-ring (bicyclic) bond motifs is 1. The Morgan fingerprint density at radius 3 is 2.85 bits per heavy atom. The average Bonchev–Trinajstić information content (AvgIpc) is 2.77. The molecular formula is C16H22N4. The van der Waals surface area contributed by atoms with E-state index in [1.54, 1.807) is 0 Å². The highest BCUT2D eigenvalue weighted by molar-refractivity contribution is 5.81. The smallest absolute Gasteiger partial charge is 0.145 e. The first-order valence-corrected chi connectivity index (χ1v) is 7.15. The SMILES string of the molecule is CC1(C)CCN(Cc2cc3ccccc3nc2NN)C1. The van der Waals surface area contributed by atoms with Crippen molar-refractivity contribution in [3.8, 4) is 0 Å². The van der Waals surface area contributed by atoms with Crippen LogP contribution < -0.4 is 11.3 Å². The van der Waals surface area contributed by atoms with Gasteiger partial charge in [0.1, 0.15) is 5.82 Å². The van der Waals surface area contributed by atoms with Crippen LogP contribution in [0, 0.1) is 5.41 Å². The van der Waals surface area contributed by atoms with Gasteiger partial charge in [0.15, 0.2) is 0 Å². The average molecular weight is 270 g/mol. The van der Waals surface area contributed by atoms with E-state index in [1.165, 1.54) is 17.4 Å². The van der Waals surface area contributed by atoms with Crippen LogP contribution in [0.4, 0.5) is 5.82 Å². The van der Waals surface area contributed by atoms with Crippen molar-refractivity contribution in [2.75, 3.05) is 18.5 Å². The van der Waals surface area contributed by atoms with Crippen molar-refractivity contribution in [1.29, 1.82) is 0 Å². The molecule has 4 nitrogen and oxygen atoms in total. The number of hydrogen-bond donors (Lipinski definition) is 2. The van der Waals surface area contributed by atoms with E-state index in [0.717, 1.165) is 31.0 Å². The van der Waals surface area contributed by atoms with Crippen molar-refractivity contribution >= 4 is 16.7 Å². The Bertz CT molecular complexity index is 621. The molecule has 20 heavy (non-hydrogen) atoms. The van der Waals surface area contributed by atoms with E-state index in [1.807, 2.05) is 18.2 Å². The summed E-state index contributed by atoms with van der Waals surface area (Å²) >= 11 is 0. The first-order valence-electron chi connectivity index (χ1n) is 7.15. The topological polar surface area (TPSA) is 54.2 Å². The predicted octanol–water partition coefficient (Wildman–Crippen LogP) is 2.75. The summed E-state index contributed by atoms with van der Waals surface area (Å²) in [7, 11) is 0. The van der Waals surface area contributed by atoms with Gasteiger partial charge in [-0.25, -0.2) is 10.8 Å². The largest absolute Gasteiger partial charge is 0.308 e. The fraction of sp³-hybridized carbons (Fsp3) is 0.438. The summed E-state index contributed by atoms with van der Waals surface area (Å²) in [6.45, 7) is 7.83. The lowest BCUT2D eigenvalue weighted by atomic mass is 9.93. The van der Waals surface area contributed by atoms with Gasteiger partial charge in [-0.1, -0.05) is 32.0 Å². The molecule has 1 fully saturated rings. The summed E-state index contributed by atoms with van der Waals surface area (Å²) in [5.41, 5.74) is 5.31. The number of nitrogens with two attached hydrogens (primary N) is 1. The van der Waals surface area contributed by atoms with Crippen LogP contribution in [0.25, 0.3) is 10.9 Å². The van der Waals surface area contributed by atoms with Gasteiger partial charge < -0.3 is 5.43 Å². The van der Waals surface area contributed by atoms with Gasteiger partial charge in [-0.3, -0.25) is 4.90 Å². The summed E-state index contributed by atoms with van der Waals surface area (Å²) in [5.74, 6) is 6.42. The number of benzene rings is 1. The number of nitrogen functional groups attached to an aromatic ring is 1. The molecule has 2 aromatic rings. The zero-order valence-corrected chi connectivity index (χ0v) is 12.2. The number of pyridine rings is 1. The predicted molar refractivity (Wildman–Crippen MR) is 83.2 cm³/mol. The normalized spacial score (nSPS) is 18.6. The molecule has 0 saturated carbocycles. The summed E-state index contributed by atoms with van der Waals surface area (Å²) in [6, 6.07) is 10.3. The molecule has 3 N–H and O–H groups in total. The Hall–Kier alpha value is -1.65. The van der Waals surface area contributed by atoms with Gasteiger partial charge in [0.25, 0.3) is 0 Å². The van der Waals surface area contributed by atoms with Crippen LogP contribution in [0.3, 0.4) is 0 Å². The molecule has 1 aliphatic rings. The molecule has 3 rings (SSSR count). The van der Waals surface area contributed by atoms with Crippen molar-refractivity contribution in [3.63, 3.8) is 0 Å². The maximum atomic E-state index is 5.64. The summed E-state index contributed by atoms with van der Waals surface area (Å²) < 4.78 is 0. The molecule has 4 heteroatoms. The van der Waals surface area contributed by atoms with Crippen molar-refractivity contribution in [3.05, 3.63) is 35.9 Å². The minimum absolute atomic E-state index is 0.417. The van der Waals surface area contributed by atoms with Crippen molar-refractivity contribution in [2.45, 2.75) is 26.8 Å². The molecule has 1 aromatic carbocycles. The number of hydrogen-bond acceptors (Lipinski definition) is 4. The van der Waals surface area contributed by atoms with Crippen molar-refractivity contribution in [1.82, 2.24) is 9.88 Å². The zero-order chi connectivity index (χ0) is 14.2. The number of likely N-dealkylation sites (tertiary alicyclic amines) is 1. The first-order chi connectivity index (χ1) is 9.57. The Labute approximate surface area is 120 Å². The summed E-state index contributed by atoms with van der Waals surface area (Å²) in [4.78, 5) is 7.09. The fourth-order valence-electron chi connectivity index (χ4n) is 3.01. The minimum atomic E-state index is 0.417. The quantitative estimate of drug-likeness (QED) is 0.665. The van der Waals surface area contributed by atoms with Gasteiger partial charge in [-0.15, -0.1) is 0 Å². The van der Waals surface area contributed by atoms with Crippen molar-refractivity contribution < 1.29 is 0 Å². The number of para-hydroxylation sites is 1. The van der Waals surface area contributed by atoms with E-state index < -0.39 is 0 Å². The second-order valence-electron chi connectivity index (χ2n) is 6.46. The van der Waals surface area contributed by atoms with Gasteiger partial charge >= 0.3 is 0 Å². The molecule has 0 unspecified atom stereocenters. The Kier molecular flexibility index (Phi) is 3.36. The Balaban J connectivity index is 1.90. The lowest BCUT2D eigenvalue weighted by Crippen LogP contribution is -2.24. The third kappa shape index (κ3) is 2.62. The van der Waals surface area contributed by atoms with Crippen LogP contribution in [-0.4, -0.2) is 23.0 Å². The number of aromatic nitrogens is 1. The van der Waals surface area contributed by atoms with E-state index in [2.05, 4.69) is 41.3 Å². The number of anilines is 1. The number of rotatable bonds is 3. The van der Waals surface area contributed by atoms with Crippen LogP contribution in [-0.2, 0) is 6.54 Å². The van der Waals surface area contributed by atoms with Crippen LogP contribution in [0.1, 0.15) is 25.8 Å². The van der Waals surface area contributed by atoms with Crippen molar-refractivity contribution in [2.24, 2.45) is 11.3 Å². The van der Waals surface area contributed by atoms with Crippen LogP contribution in [0.15, 0.2) is 30.3 Å². The molecule has 1 saturated heterocycles. The molecule has 0 amide bonds. The molecule has 106 valence electrons. The molecule has 0 spiro atoms. The van der Waals surface area contributed by atoms with Gasteiger partial charge in [0, 0.05) is 24.0 Å². The third-order valence-electron chi connectivity index (χ3n) is 4.09. The Morgan fingerprint density at radius 1 is 1.35 bits per heavy atom. The molecule has 0 bridgehead atoms. The second-order valence-corrected chi connectivity index (χ2v) is 6.46. The van der Waals surface area contributed by atoms with E-state index >= 15 is 0 Å². The van der Waals surface area contributed by atoms with E-state index in [9.17, 15) is 0 Å². The van der Waals surface area contributed by atoms with E-state index in [4.69, 9.17) is 5.84 Å². The third-order valence-corrected chi connectivity index (χ3v) is 4.09. The molecule has 0 atom stereocenters. The molecule has 0 radical (unpaired) electrons. The van der Waals surface area contributed by atoms with Gasteiger partial charge in [0.2, 0.25) is 0 Å². The standard InChI is InChI=1S/C16H22N4/c1-16(2)7-8-20(11-16)10-13-9-12-5-3-4-6-14(12)18-15(13)19-17/h3-6,9H,7-8,10-11,17H2,1-2H3,(H,18,19). The molecule has 1 aromatic heterocycles. The van der Waals surface area contributed by atoms with E-state index in [-0.39, 0.29) is 0 Å². The second kappa shape index (κ2) is 5.04. The highest BCUT2D eigenvalue weighted by Crippen LogP contribution is 2.31. The molecule has 1 aliphatic heterocycles.